The molecule has 2 saturated heterocycles. The number of piperidine rings is 1. The zero-order chi connectivity index (χ0) is 14.4. The van der Waals surface area contributed by atoms with Gasteiger partial charge in [-0.15, -0.1) is 0 Å². The molecule has 1 amide bonds. The summed E-state index contributed by atoms with van der Waals surface area (Å²) in [6, 6.07) is 0.00454. The minimum Gasteiger partial charge on any atom is -0.378 e. The maximum Gasteiger partial charge on any atom is 0.222 e. The summed E-state index contributed by atoms with van der Waals surface area (Å²) in [6.45, 7) is 2.41. The van der Waals surface area contributed by atoms with Crippen molar-refractivity contribution in [1.29, 1.82) is 0 Å². The van der Waals surface area contributed by atoms with Crippen molar-refractivity contribution >= 4 is 15.7 Å². The number of rotatable bonds is 5. The summed E-state index contributed by atoms with van der Waals surface area (Å²) in [4.78, 5) is 11.8. The van der Waals surface area contributed by atoms with Crippen LogP contribution in [0.15, 0.2) is 0 Å². The molecule has 7 heteroatoms. The Morgan fingerprint density at radius 3 is 2.45 bits per heavy atom. The van der Waals surface area contributed by atoms with Gasteiger partial charge in [0.25, 0.3) is 0 Å². The van der Waals surface area contributed by atoms with Gasteiger partial charge in [-0.1, -0.05) is 0 Å². The van der Waals surface area contributed by atoms with Crippen LogP contribution in [-0.4, -0.2) is 57.7 Å². The SMILES string of the molecule is O=C(CCOC1CCNCC1)NC1CCS(=O)(=O)CC1. The molecular formula is C13H24N2O4S. The third kappa shape index (κ3) is 5.38. The molecule has 0 radical (unpaired) electrons. The molecule has 2 aliphatic rings. The fourth-order valence-corrected chi connectivity index (χ4v) is 4.11. The van der Waals surface area contributed by atoms with Crippen molar-refractivity contribution in [3.63, 3.8) is 0 Å². The van der Waals surface area contributed by atoms with Crippen molar-refractivity contribution in [1.82, 2.24) is 10.6 Å². The van der Waals surface area contributed by atoms with E-state index in [2.05, 4.69) is 10.6 Å². The lowest BCUT2D eigenvalue weighted by molar-refractivity contribution is -0.123. The lowest BCUT2D eigenvalue weighted by atomic mass is 10.1. The van der Waals surface area contributed by atoms with Crippen LogP contribution in [0.1, 0.15) is 32.1 Å². The van der Waals surface area contributed by atoms with E-state index >= 15 is 0 Å². The average molecular weight is 304 g/mol. The Balaban J connectivity index is 1.58. The van der Waals surface area contributed by atoms with E-state index in [-0.39, 0.29) is 29.6 Å². The van der Waals surface area contributed by atoms with Gasteiger partial charge in [0.05, 0.1) is 24.2 Å². The number of ether oxygens (including phenoxy) is 1. The van der Waals surface area contributed by atoms with E-state index in [0.717, 1.165) is 25.9 Å². The number of hydrogen-bond donors (Lipinski definition) is 2. The number of carbonyl (C=O) groups is 1. The molecule has 0 bridgehead atoms. The van der Waals surface area contributed by atoms with Crippen LogP contribution in [0.2, 0.25) is 0 Å². The average Bonchev–Trinajstić information content (AvgIpc) is 2.42. The molecule has 0 aromatic carbocycles. The fourth-order valence-electron chi connectivity index (χ4n) is 2.61. The van der Waals surface area contributed by atoms with E-state index in [1.807, 2.05) is 0 Å². The first-order valence-electron chi connectivity index (χ1n) is 7.37. The zero-order valence-corrected chi connectivity index (χ0v) is 12.6. The van der Waals surface area contributed by atoms with Crippen molar-refractivity contribution in [2.75, 3.05) is 31.2 Å². The highest BCUT2D eigenvalue weighted by atomic mass is 32.2. The summed E-state index contributed by atoms with van der Waals surface area (Å²) in [5.74, 6) is 0.329. The van der Waals surface area contributed by atoms with Crippen molar-refractivity contribution < 1.29 is 17.9 Å². The first kappa shape index (κ1) is 15.7. The highest BCUT2D eigenvalue weighted by Gasteiger charge is 2.24. The van der Waals surface area contributed by atoms with Crippen LogP contribution in [0.5, 0.6) is 0 Å². The van der Waals surface area contributed by atoms with E-state index in [9.17, 15) is 13.2 Å². The predicted octanol–water partition coefficient (Wildman–Crippen LogP) is -0.161. The van der Waals surface area contributed by atoms with Gasteiger partial charge in [-0.2, -0.15) is 0 Å². The molecular weight excluding hydrogens is 280 g/mol. The minimum absolute atomic E-state index is 0.00454. The standard InChI is InChI=1S/C13H24N2O4S/c16-13(3-8-19-12-1-6-14-7-2-12)15-11-4-9-20(17,18)10-5-11/h11-12,14H,1-10H2,(H,15,16). The molecule has 2 rings (SSSR count). The molecule has 2 fully saturated rings. The molecule has 0 atom stereocenters. The van der Waals surface area contributed by atoms with E-state index in [1.54, 1.807) is 0 Å². The zero-order valence-electron chi connectivity index (χ0n) is 11.8. The smallest absolute Gasteiger partial charge is 0.222 e. The van der Waals surface area contributed by atoms with E-state index in [0.29, 0.717) is 25.9 Å². The third-order valence-electron chi connectivity index (χ3n) is 3.89. The van der Waals surface area contributed by atoms with Crippen LogP contribution in [-0.2, 0) is 19.4 Å². The van der Waals surface area contributed by atoms with Crippen LogP contribution in [0.4, 0.5) is 0 Å². The molecule has 0 unspecified atom stereocenters. The molecule has 0 aliphatic carbocycles. The molecule has 0 aromatic rings. The first-order chi connectivity index (χ1) is 9.55. The highest BCUT2D eigenvalue weighted by Crippen LogP contribution is 2.12. The van der Waals surface area contributed by atoms with Crippen molar-refractivity contribution in [2.24, 2.45) is 0 Å². The molecule has 0 aromatic heterocycles. The Hall–Kier alpha value is -0.660. The van der Waals surface area contributed by atoms with Crippen molar-refractivity contribution in [3.05, 3.63) is 0 Å². The highest BCUT2D eigenvalue weighted by molar-refractivity contribution is 7.91. The van der Waals surface area contributed by atoms with Crippen LogP contribution in [0.25, 0.3) is 0 Å². The van der Waals surface area contributed by atoms with Gasteiger partial charge in [0.1, 0.15) is 9.84 Å². The van der Waals surface area contributed by atoms with Gasteiger partial charge in [0.2, 0.25) is 5.91 Å². The summed E-state index contributed by atoms with van der Waals surface area (Å²) in [6.07, 6.45) is 3.69. The lowest BCUT2D eigenvalue weighted by Gasteiger charge is -2.24. The molecule has 2 aliphatic heterocycles. The monoisotopic (exact) mass is 304 g/mol. The quantitative estimate of drug-likeness (QED) is 0.737. The molecule has 2 N–H and O–H groups in total. The van der Waals surface area contributed by atoms with Gasteiger partial charge >= 0.3 is 0 Å². The van der Waals surface area contributed by atoms with E-state index in [4.69, 9.17) is 4.74 Å². The number of carbonyl (C=O) groups excluding carboxylic acids is 1. The Morgan fingerprint density at radius 1 is 1.15 bits per heavy atom. The second-order valence-electron chi connectivity index (χ2n) is 5.56. The number of hydrogen-bond acceptors (Lipinski definition) is 5. The fraction of sp³-hybridized carbons (Fsp3) is 0.923. The number of sulfone groups is 1. The van der Waals surface area contributed by atoms with Gasteiger partial charge in [0.15, 0.2) is 0 Å². The van der Waals surface area contributed by atoms with Gasteiger partial charge in [-0.25, -0.2) is 8.42 Å². The van der Waals surface area contributed by atoms with Crippen LogP contribution in [0.3, 0.4) is 0 Å². The summed E-state index contributed by atoms with van der Waals surface area (Å²) in [5, 5.41) is 6.16. The van der Waals surface area contributed by atoms with Gasteiger partial charge < -0.3 is 15.4 Å². The first-order valence-corrected chi connectivity index (χ1v) is 9.19. The Labute approximate surface area is 120 Å². The summed E-state index contributed by atoms with van der Waals surface area (Å²) >= 11 is 0. The molecule has 116 valence electrons. The minimum atomic E-state index is -2.86. The van der Waals surface area contributed by atoms with Crippen LogP contribution in [0, 0.1) is 0 Å². The third-order valence-corrected chi connectivity index (χ3v) is 5.60. The van der Waals surface area contributed by atoms with Gasteiger partial charge in [-0.05, 0) is 38.8 Å². The maximum atomic E-state index is 11.8. The second-order valence-corrected chi connectivity index (χ2v) is 7.87. The topological polar surface area (TPSA) is 84.5 Å². The van der Waals surface area contributed by atoms with Gasteiger partial charge in [0, 0.05) is 12.5 Å². The molecule has 0 spiro atoms. The van der Waals surface area contributed by atoms with Crippen LogP contribution < -0.4 is 10.6 Å². The maximum absolute atomic E-state index is 11.8. The van der Waals surface area contributed by atoms with Crippen molar-refractivity contribution in [3.8, 4) is 0 Å². The Bertz CT molecular complexity index is 404. The Morgan fingerprint density at radius 2 is 1.80 bits per heavy atom. The van der Waals surface area contributed by atoms with E-state index in [1.165, 1.54) is 0 Å². The second kappa shape index (κ2) is 7.38. The normalized spacial score (nSPS) is 24.4. The molecule has 20 heavy (non-hydrogen) atoms. The van der Waals surface area contributed by atoms with E-state index < -0.39 is 9.84 Å². The molecule has 2 heterocycles. The van der Waals surface area contributed by atoms with Gasteiger partial charge in [-0.3, -0.25) is 4.79 Å². The summed E-state index contributed by atoms with van der Waals surface area (Å²) < 4.78 is 28.3. The summed E-state index contributed by atoms with van der Waals surface area (Å²) in [5.41, 5.74) is 0. The van der Waals surface area contributed by atoms with Crippen molar-refractivity contribution in [2.45, 2.75) is 44.2 Å². The predicted molar refractivity (Wildman–Crippen MR) is 76.3 cm³/mol. The lowest BCUT2D eigenvalue weighted by Crippen LogP contribution is -2.41. The Kier molecular flexibility index (Phi) is 5.80. The summed E-state index contributed by atoms with van der Waals surface area (Å²) in [7, 11) is -2.86. The largest absolute Gasteiger partial charge is 0.378 e. The number of nitrogens with one attached hydrogen (secondary N) is 2. The molecule has 0 saturated carbocycles. The molecule has 6 nitrogen and oxygen atoms in total. The number of amides is 1. The van der Waals surface area contributed by atoms with Crippen LogP contribution >= 0.6 is 0 Å².